The SMILES string of the molecule is [2H]c1c([2H])c(Cl)c(Cl)c(N2CCN(CCC3CCC(NC(=O)N(C)C)CC3)CC2)c1[2H]. The summed E-state index contributed by atoms with van der Waals surface area (Å²) in [5, 5.41) is 3.36. The molecule has 5 nitrogen and oxygen atoms in total. The van der Waals surface area contributed by atoms with Crippen molar-refractivity contribution >= 4 is 34.9 Å². The van der Waals surface area contributed by atoms with Gasteiger partial charge in [-0.3, -0.25) is 4.90 Å². The summed E-state index contributed by atoms with van der Waals surface area (Å²) < 4.78 is 24.0. The van der Waals surface area contributed by atoms with Crippen molar-refractivity contribution in [3.8, 4) is 0 Å². The van der Waals surface area contributed by atoms with Crippen LogP contribution in [0.25, 0.3) is 0 Å². The number of urea groups is 1. The van der Waals surface area contributed by atoms with Gasteiger partial charge in [-0.05, 0) is 56.7 Å². The van der Waals surface area contributed by atoms with Crippen molar-refractivity contribution in [1.82, 2.24) is 15.1 Å². The van der Waals surface area contributed by atoms with Gasteiger partial charge < -0.3 is 15.1 Å². The second-order valence-electron chi connectivity index (χ2n) is 8.03. The monoisotopic (exact) mass is 429 g/mol. The third-order valence-electron chi connectivity index (χ3n) is 5.88. The average molecular weight is 430 g/mol. The summed E-state index contributed by atoms with van der Waals surface area (Å²) in [5.41, 5.74) is 0.477. The Kier molecular flexibility index (Phi) is 6.33. The molecule has 1 aromatic rings. The van der Waals surface area contributed by atoms with Crippen LogP contribution in [0.3, 0.4) is 0 Å². The minimum atomic E-state index is -0.185. The van der Waals surface area contributed by atoms with Crippen molar-refractivity contribution in [1.29, 1.82) is 0 Å². The number of carbonyl (C=O) groups excluding carboxylic acids is 1. The van der Waals surface area contributed by atoms with E-state index in [1.807, 2.05) is 4.90 Å². The Morgan fingerprint density at radius 3 is 2.50 bits per heavy atom. The molecule has 1 N–H and O–H groups in total. The molecule has 1 heterocycles. The first-order valence-corrected chi connectivity index (χ1v) is 10.8. The van der Waals surface area contributed by atoms with Crippen molar-refractivity contribution in [3.63, 3.8) is 0 Å². The highest BCUT2D eigenvalue weighted by Gasteiger charge is 2.24. The van der Waals surface area contributed by atoms with E-state index in [9.17, 15) is 4.79 Å². The minimum absolute atomic E-state index is 0.00606. The van der Waals surface area contributed by atoms with E-state index in [0.29, 0.717) is 17.6 Å². The van der Waals surface area contributed by atoms with E-state index >= 15 is 0 Å². The van der Waals surface area contributed by atoms with Crippen molar-refractivity contribution in [2.24, 2.45) is 5.92 Å². The highest BCUT2D eigenvalue weighted by Crippen LogP contribution is 2.33. The van der Waals surface area contributed by atoms with Gasteiger partial charge in [0.2, 0.25) is 0 Å². The van der Waals surface area contributed by atoms with Gasteiger partial charge in [-0.2, -0.15) is 0 Å². The molecule has 0 bridgehead atoms. The molecule has 3 rings (SSSR count). The van der Waals surface area contributed by atoms with Gasteiger partial charge in [0, 0.05) is 46.3 Å². The minimum Gasteiger partial charge on any atom is -0.368 e. The standard InChI is InChI=1S/C21H32Cl2N4O/c1-25(2)21(28)24-17-8-6-16(7-9-17)10-11-26-12-14-27(15-13-26)19-5-3-4-18(22)20(19)23/h3-5,16-17H,6-15H2,1-2H3,(H,24,28)/i3D,4D,5D. The summed E-state index contributed by atoms with van der Waals surface area (Å²) in [5.74, 6) is 0.703. The summed E-state index contributed by atoms with van der Waals surface area (Å²) in [6, 6.07) is -0.0963. The number of benzene rings is 1. The van der Waals surface area contributed by atoms with E-state index < -0.39 is 0 Å². The number of amides is 2. The fourth-order valence-electron chi connectivity index (χ4n) is 4.04. The normalized spacial score (nSPS) is 25.0. The van der Waals surface area contributed by atoms with Crippen LogP contribution in [0.5, 0.6) is 0 Å². The summed E-state index contributed by atoms with van der Waals surface area (Å²) in [6.45, 7) is 4.24. The Labute approximate surface area is 183 Å². The Hall–Kier alpha value is -1.17. The summed E-state index contributed by atoms with van der Waals surface area (Å²) in [7, 11) is 3.54. The predicted octanol–water partition coefficient (Wildman–Crippen LogP) is 4.34. The highest BCUT2D eigenvalue weighted by molar-refractivity contribution is 6.43. The fourth-order valence-corrected chi connectivity index (χ4v) is 4.39. The number of rotatable bonds is 5. The van der Waals surface area contributed by atoms with E-state index in [4.69, 9.17) is 27.3 Å². The molecule has 2 fully saturated rings. The van der Waals surface area contributed by atoms with Crippen LogP contribution < -0.4 is 10.2 Å². The summed E-state index contributed by atoms with van der Waals surface area (Å²) >= 11 is 12.4. The quantitative estimate of drug-likeness (QED) is 0.756. The number of hydrogen-bond donors (Lipinski definition) is 1. The number of carbonyl (C=O) groups is 1. The van der Waals surface area contributed by atoms with E-state index in [1.165, 1.54) is 0 Å². The largest absolute Gasteiger partial charge is 0.368 e. The van der Waals surface area contributed by atoms with Gasteiger partial charge in [-0.1, -0.05) is 29.2 Å². The molecule has 0 radical (unpaired) electrons. The number of anilines is 1. The number of nitrogens with zero attached hydrogens (tertiary/aromatic N) is 3. The fraction of sp³-hybridized carbons (Fsp3) is 0.667. The number of halogens is 2. The first kappa shape index (κ1) is 17.7. The molecule has 0 atom stereocenters. The third kappa shape index (κ3) is 5.68. The summed E-state index contributed by atoms with van der Waals surface area (Å²) in [4.78, 5) is 17.9. The van der Waals surface area contributed by atoms with Crippen molar-refractivity contribution < 1.29 is 8.91 Å². The topological polar surface area (TPSA) is 38.8 Å². The molecule has 2 aliphatic rings. The number of piperazine rings is 1. The van der Waals surface area contributed by atoms with Crippen LogP contribution in [0.4, 0.5) is 10.5 Å². The average Bonchev–Trinajstić information content (AvgIpc) is 2.76. The van der Waals surface area contributed by atoms with Crippen LogP contribution in [-0.4, -0.2) is 68.7 Å². The Balaban J connectivity index is 1.44. The number of hydrogen-bond acceptors (Lipinski definition) is 3. The zero-order chi connectivity index (χ0) is 22.7. The molecule has 0 spiro atoms. The summed E-state index contributed by atoms with van der Waals surface area (Å²) in [6.07, 6.45) is 5.56. The maximum atomic E-state index is 11.8. The molecule has 1 aromatic carbocycles. The first-order chi connectivity index (χ1) is 14.7. The van der Waals surface area contributed by atoms with Gasteiger partial charge in [0.15, 0.2) is 0 Å². The molecular formula is C21H32Cl2N4O. The second kappa shape index (κ2) is 10.0. The maximum Gasteiger partial charge on any atom is 0.317 e. The molecule has 2 amide bonds. The van der Waals surface area contributed by atoms with Crippen LogP contribution in [0, 0.1) is 5.92 Å². The Morgan fingerprint density at radius 1 is 1.18 bits per heavy atom. The molecule has 0 aromatic heterocycles. The lowest BCUT2D eigenvalue weighted by Crippen LogP contribution is -2.47. The van der Waals surface area contributed by atoms with Gasteiger partial charge in [0.1, 0.15) is 0 Å². The van der Waals surface area contributed by atoms with Crippen LogP contribution in [0.2, 0.25) is 10.0 Å². The van der Waals surface area contributed by atoms with Gasteiger partial charge in [0.25, 0.3) is 0 Å². The Morgan fingerprint density at radius 2 is 1.86 bits per heavy atom. The molecule has 1 aliphatic heterocycles. The van der Waals surface area contributed by atoms with Crippen molar-refractivity contribution in [3.05, 3.63) is 28.2 Å². The molecule has 7 heteroatoms. The molecule has 1 saturated heterocycles. The van der Waals surface area contributed by atoms with Crippen molar-refractivity contribution in [2.75, 3.05) is 51.7 Å². The lowest BCUT2D eigenvalue weighted by atomic mass is 9.84. The predicted molar refractivity (Wildman–Crippen MR) is 118 cm³/mol. The zero-order valence-corrected chi connectivity index (χ0v) is 18.2. The molecule has 0 unspecified atom stereocenters. The lowest BCUT2D eigenvalue weighted by Gasteiger charge is -2.37. The lowest BCUT2D eigenvalue weighted by molar-refractivity contribution is 0.194. The molecule has 1 saturated carbocycles. The number of nitrogens with one attached hydrogen (secondary N) is 1. The Bertz CT molecular complexity index is 766. The maximum absolute atomic E-state index is 11.8. The molecular weight excluding hydrogens is 395 g/mol. The van der Waals surface area contributed by atoms with Gasteiger partial charge in [-0.15, -0.1) is 0 Å². The highest BCUT2D eigenvalue weighted by atomic mass is 35.5. The van der Waals surface area contributed by atoms with E-state index in [1.54, 1.807) is 19.0 Å². The smallest absolute Gasteiger partial charge is 0.317 e. The van der Waals surface area contributed by atoms with Gasteiger partial charge >= 0.3 is 6.03 Å². The van der Waals surface area contributed by atoms with E-state index in [-0.39, 0.29) is 34.2 Å². The van der Waals surface area contributed by atoms with Crippen molar-refractivity contribution in [2.45, 2.75) is 38.1 Å². The van der Waals surface area contributed by atoms with Crippen LogP contribution in [0.15, 0.2) is 18.1 Å². The van der Waals surface area contributed by atoms with E-state index in [0.717, 1.165) is 64.8 Å². The van der Waals surface area contributed by atoms with Crippen LogP contribution in [-0.2, 0) is 0 Å². The molecule has 1 aliphatic carbocycles. The van der Waals surface area contributed by atoms with Gasteiger partial charge in [0.05, 0.1) is 19.8 Å². The van der Waals surface area contributed by atoms with Gasteiger partial charge in [-0.25, -0.2) is 4.79 Å². The zero-order valence-electron chi connectivity index (χ0n) is 19.7. The molecule has 28 heavy (non-hydrogen) atoms. The first-order valence-electron chi connectivity index (χ1n) is 11.6. The third-order valence-corrected chi connectivity index (χ3v) is 6.62. The van der Waals surface area contributed by atoms with Crippen LogP contribution in [0.1, 0.15) is 36.2 Å². The molecule has 156 valence electrons. The van der Waals surface area contributed by atoms with E-state index in [2.05, 4.69) is 10.2 Å². The second-order valence-corrected chi connectivity index (χ2v) is 8.79. The van der Waals surface area contributed by atoms with Crippen LogP contribution >= 0.6 is 23.2 Å².